The molecule has 6 N–H and O–H groups in total. The highest BCUT2D eigenvalue weighted by atomic mass is 79.9. The lowest BCUT2D eigenvalue weighted by atomic mass is 9.99. The topological polar surface area (TPSA) is 245 Å². The van der Waals surface area contributed by atoms with E-state index in [1.807, 2.05) is 6.26 Å². The van der Waals surface area contributed by atoms with Gasteiger partial charge in [0.15, 0.2) is 10.1 Å². The molecule has 0 unspecified atom stereocenters. The molecule has 4 aliphatic rings. The fourth-order valence-corrected chi connectivity index (χ4v) is 11.8. The van der Waals surface area contributed by atoms with Crippen LogP contribution in [0.4, 0.5) is 10.5 Å². The van der Waals surface area contributed by atoms with Gasteiger partial charge >= 0.3 is 6.03 Å². The molecular formula is C40H50Br2N8O8S2. The number of hydrogen-bond donors (Lipinski definition) is 5. The molecule has 8 rings (SSSR count). The molecule has 2 aromatic carbocycles. The molecule has 20 heteroatoms. The number of sulfonamides is 2. The van der Waals surface area contributed by atoms with Crippen LogP contribution in [0.25, 0.3) is 0 Å². The van der Waals surface area contributed by atoms with Crippen LogP contribution in [0.3, 0.4) is 0 Å². The number of nitrogens with two attached hydrogens (primary N) is 1. The van der Waals surface area contributed by atoms with E-state index >= 15 is 0 Å². The van der Waals surface area contributed by atoms with Crippen LogP contribution < -0.4 is 19.9 Å². The number of aliphatic hydroxyl groups is 2. The average molecular weight is 995 g/mol. The largest absolute Gasteiger partial charge is 0.387 e. The van der Waals surface area contributed by atoms with Gasteiger partial charge in [0, 0.05) is 52.0 Å². The molecule has 2 amide bonds. The number of carbonyl (C=O) groups excluding carboxylic acids is 1. The van der Waals surface area contributed by atoms with E-state index in [1.165, 1.54) is 99.9 Å². The number of nitriles is 1. The Kier molecular flexibility index (Phi) is 13.0. The molecule has 0 spiro atoms. The van der Waals surface area contributed by atoms with Gasteiger partial charge in [0.05, 0.1) is 11.4 Å². The standard InChI is InChI=1S/C20H25BrN4O4S.C13H12BrNO.C7H13N3O3S/c1-20(2,27)15-10-16(23-25(15)3)30(28,29)24-19(26)22-18-13-8-4-6-11(13)17(21)12-7-5-9-14(12)18;14-12-8-3-1-5-10(8)13(16-7-15)11-6-2-4-9(11)12;1-7(2,11)5-4-6(9-10(5)3)14(8,12)13/h10,27H,4-9H2,1-3H3,(H2,22,24,26);1-6H2;4,11H,1-3H3,(H2,8,12,13). The van der Waals surface area contributed by atoms with Gasteiger partial charge in [0.1, 0.15) is 17.0 Å². The molecule has 0 saturated carbocycles. The van der Waals surface area contributed by atoms with Gasteiger partial charge in [-0.3, -0.25) is 9.36 Å². The molecule has 2 heterocycles. The predicted molar refractivity (Wildman–Crippen MR) is 230 cm³/mol. The normalized spacial score (nSPS) is 15.4. The summed E-state index contributed by atoms with van der Waals surface area (Å²) in [6, 6.07) is 1.72. The molecule has 2 aromatic heterocycles. The second-order valence-corrected chi connectivity index (χ2v) is 21.2. The van der Waals surface area contributed by atoms with Gasteiger partial charge in [0.25, 0.3) is 26.3 Å². The first-order valence-electron chi connectivity index (χ1n) is 19.6. The lowest BCUT2D eigenvalue weighted by molar-refractivity contribution is 0.0690. The maximum atomic E-state index is 12.7. The van der Waals surface area contributed by atoms with Crippen molar-refractivity contribution in [3.05, 3.63) is 77.0 Å². The van der Waals surface area contributed by atoms with Crippen molar-refractivity contribution in [2.24, 2.45) is 19.2 Å². The van der Waals surface area contributed by atoms with Crippen molar-refractivity contribution in [2.75, 3.05) is 5.32 Å². The van der Waals surface area contributed by atoms with Gasteiger partial charge in [-0.25, -0.2) is 23.1 Å². The van der Waals surface area contributed by atoms with Crippen LogP contribution in [-0.4, -0.2) is 52.6 Å². The Morgan fingerprint density at radius 3 is 1.47 bits per heavy atom. The number of amides is 2. The number of nitrogens with one attached hydrogen (secondary N) is 2. The maximum Gasteiger partial charge on any atom is 0.333 e. The quantitative estimate of drug-likeness (QED) is 0.145. The van der Waals surface area contributed by atoms with Gasteiger partial charge in [-0.15, -0.1) is 5.26 Å². The summed E-state index contributed by atoms with van der Waals surface area (Å²) in [5.74, 6) is 0.880. The number of primary sulfonamides is 1. The van der Waals surface area contributed by atoms with Crippen molar-refractivity contribution in [3.63, 3.8) is 0 Å². The zero-order valence-electron chi connectivity index (χ0n) is 34.4. The first-order valence-corrected chi connectivity index (χ1v) is 24.2. The lowest BCUT2D eigenvalue weighted by Crippen LogP contribution is -2.35. The van der Waals surface area contributed by atoms with Crippen LogP contribution in [0, 0.1) is 11.5 Å². The van der Waals surface area contributed by atoms with Gasteiger partial charge < -0.3 is 20.3 Å². The number of urea groups is 1. The third-order valence-corrected chi connectivity index (χ3v) is 15.1. The Morgan fingerprint density at radius 2 is 1.10 bits per heavy atom. The Hall–Kier alpha value is -3.84. The van der Waals surface area contributed by atoms with Crippen molar-refractivity contribution in [1.29, 1.82) is 5.26 Å². The molecule has 0 fully saturated rings. The number of fused-ring (bicyclic) bond motifs is 4. The number of benzene rings is 2. The summed E-state index contributed by atoms with van der Waals surface area (Å²) in [5.41, 5.74) is 8.98. The van der Waals surface area contributed by atoms with Gasteiger partial charge in [0.2, 0.25) is 0 Å². The van der Waals surface area contributed by atoms with E-state index in [4.69, 9.17) is 15.1 Å². The first-order chi connectivity index (χ1) is 27.9. The maximum absolute atomic E-state index is 12.7. The van der Waals surface area contributed by atoms with Crippen molar-refractivity contribution in [3.8, 4) is 12.0 Å². The summed E-state index contributed by atoms with van der Waals surface area (Å²) in [7, 11) is -4.91. The van der Waals surface area contributed by atoms with Crippen molar-refractivity contribution >= 4 is 63.6 Å². The molecule has 0 radical (unpaired) electrons. The Balaban J connectivity index is 0.000000168. The van der Waals surface area contributed by atoms with Crippen molar-refractivity contribution in [1.82, 2.24) is 24.3 Å². The zero-order valence-corrected chi connectivity index (χ0v) is 39.2. The van der Waals surface area contributed by atoms with Crippen LogP contribution >= 0.6 is 31.9 Å². The number of carbonyl (C=O) groups is 1. The van der Waals surface area contributed by atoms with Crippen LogP contribution in [-0.2, 0) is 96.7 Å². The van der Waals surface area contributed by atoms with E-state index in [1.54, 1.807) is 14.1 Å². The molecule has 0 saturated heterocycles. The number of hydrogen-bond acceptors (Lipinski definition) is 11. The Morgan fingerprint density at radius 1 is 0.733 bits per heavy atom. The second-order valence-electron chi connectivity index (χ2n) is 16.5. The second kappa shape index (κ2) is 17.1. The van der Waals surface area contributed by atoms with Crippen LogP contribution in [0.2, 0.25) is 0 Å². The highest BCUT2D eigenvalue weighted by Crippen LogP contribution is 2.46. The number of aromatic nitrogens is 4. The molecule has 60 heavy (non-hydrogen) atoms. The number of rotatable bonds is 7. The van der Waals surface area contributed by atoms with E-state index < -0.39 is 37.3 Å². The minimum absolute atomic E-state index is 0.239. The SMILES string of the molecule is Cn1nc(S(=O)(=O)NC(=O)Nc2c3c(c(Br)c4c2CCC4)CCC3)cc1C(C)(C)O.Cn1nc(S(N)(=O)=O)cc1C(C)(C)O.N#COc1c2c(c(Br)c3c1CCC3)CCC2. The highest BCUT2D eigenvalue weighted by Gasteiger charge is 2.32. The van der Waals surface area contributed by atoms with Gasteiger partial charge in [-0.2, -0.15) is 18.6 Å². The molecule has 0 bridgehead atoms. The van der Waals surface area contributed by atoms with Crippen LogP contribution in [0.1, 0.15) is 109 Å². The molecule has 4 aliphatic carbocycles. The van der Waals surface area contributed by atoms with Gasteiger partial charge in [-0.1, -0.05) is 31.9 Å². The first kappa shape index (κ1) is 45.7. The fourth-order valence-electron chi connectivity index (χ4n) is 8.66. The summed E-state index contributed by atoms with van der Waals surface area (Å²) < 4.78 is 59.6. The van der Waals surface area contributed by atoms with E-state index in [9.17, 15) is 31.8 Å². The summed E-state index contributed by atoms with van der Waals surface area (Å²) in [4.78, 5) is 12.7. The van der Waals surface area contributed by atoms with E-state index in [-0.39, 0.29) is 10.1 Å². The monoisotopic (exact) mass is 992 g/mol. The van der Waals surface area contributed by atoms with Gasteiger partial charge in [-0.05, 0) is 138 Å². The minimum Gasteiger partial charge on any atom is -0.387 e. The summed E-state index contributed by atoms with van der Waals surface area (Å²) in [6.45, 7) is 6.15. The smallest absolute Gasteiger partial charge is 0.333 e. The zero-order chi connectivity index (χ0) is 44.1. The van der Waals surface area contributed by atoms with Crippen LogP contribution in [0.15, 0.2) is 31.1 Å². The number of aryl methyl sites for hydroxylation is 2. The molecule has 0 atom stereocenters. The van der Waals surface area contributed by atoms with Crippen molar-refractivity contribution < 1.29 is 36.6 Å². The Bertz CT molecular complexity index is 2570. The van der Waals surface area contributed by atoms with Crippen LogP contribution in [0.5, 0.6) is 5.75 Å². The average Bonchev–Trinajstić information content (AvgIpc) is 3.98. The molecular weight excluding hydrogens is 944 g/mol. The highest BCUT2D eigenvalue weighted by molar-refractivity contribution is 9.11. The number of nitrogens with zero attached hydrogens (tertiary/aromatic N) is 5. The molecule has 16 nitrogen and oxygen atoms in total. The van der Waals surface area contributed by atoms with E-state index in [0.29, 0.717) is 11.4 Å². The fraction of sp³-hybridized carbons (Fsp3) is 0.500. The molecule has 0 aliphatic heterocycles. The third kappa shape index (κ3) is 9.32. The number of halogens is 2. The molecule has 4 aromatic rings. The minimum atomic E-state index is -4.19. The summed E-state index contributed by atoms with van der Waals surface area (Å²) in [6.07, 6.45) is 14.2. The predicted octanol–water partition coefficient (Wildman–Crippen LogP) is 5.48. The van der Waals surface area contributed by atoms with E-state index in [2.05, 4.69) is 52.1 Å². The Labute approximate surface area is 367 Å². The third-order valence-electron chi connectivity index (χ3n) is 11.2. The lowest BCUT2D eigenvalue weighted by Gasteiger charge is -2.18. The number of ether oxygens (including phenoxy) is 1. The summed E-state index contributed by atoms with van der Waals surface area (Å²) in [5, 5.41) is 43.4. The van der Waals surface area contributed by atoms with Crippen molar-refractivity contribution in [2.45, 2.75) is 126 Å². The number of anilines is 1. The van der Waals surface area contributed by atoms with E-state index in [0.717, 1.165) is 91.2 Å². The molecule has 324 valence electrons. The summed E-state index contributed by atoms with van der Waals surface area (Å²) >= 11 is 7.46.